The quantitative estimate of drug-likeness (QED) is 0.882. The van der Waals surface area contributed by atoms with Crippen LogP contribution in [0.2, 0.25) is 0 Å². The molecule has 0 aromatic heterocycles. The largest absolute Gasteiger partial charge is 0.395 e. The number of aliphatic hydroxyl groups excluding tert-OH is 1. The van der Waals surface area contributed by atoms with Crippen LogP contribution >= 0.6 is 0 Å². The van der Waals surface area contributed by atoms with Gasteiger partial charge in [-0.05, 0) is 16.7 Å². The van der Waals surface area contributed by atoms with Crippen LogP contribution in [0.3, 0.4) is 0 Å². The standard InChI is InChI=1S/C16H19NO3S/c1-21(19,20)15(11-18)16(17)14-9-7-13(8-10-14)12-5-3-2-4-6-12/h2-10,15-16,18H,11,17H2,1H3/t15-,16-/m0/s1. The maximum atomic E-state index is 11.6. The van der Waals surface area contributed by atoms with Gasteiger partial charge < -0.3 is 10.8 Å². The third-order valence-corrected chi connectivity index (χ3v) is 5.08. The molecule has 0 unspecified atom stereocenters. The topological polar surface area (TPSA) is 80.4 Å². The van der Waals surface area contributed by atoms with Crippen molar-refractivity contribution in [3.8, 4) is 11.1 Å². The molecule has 112 valence electrons. The summed E-state index contributed by atoms with van der Waals surface area (Å²) in [6.45, 7) is -0.486. The lowest BCUT2D eigenvalue weighted by Gasteiger charge is -2.20. The molecule has 0 aliphatic heterocycles. The van der Waals surface area contributed by atoms with Crippen molar-refractivity contribution in [1.29, 1.82) is 0 Å². The smallest absolute Gasteiger partial charge is 0.154 e. The molecule has 0 aliphatic carbocycles. The van der Waals surface area contributed by atoms with Gasteiger partial charge in [0, 0.05) is 12.3 Å². The Morgan fingerprint density at radius 1 is 1.00 bits per heavy atom. The fraction of sp³-hybridized carbons (Fsp3) is 0.250. The predicted molar refractivity (Wildman–Crippen MR) is 84.5 cm³/mol. The molecule has 0 fully saturated rings. The van der Waals surface area contributed by atoms with E-state index in [0.717, 1.165) is 17.4 Å². The molecule has 3 N–H and O–H groups in total. The highest BCUT2D eigenvalue weighted by molar-refractivity contribution is 7.91. The van der Waals surface area contributed by atoms with E-state index in [1.165, 1.54) is 0 Å². The molecule has 2 atom stereocenters. The zero-order chi connectivity index (χ0) is 15.5. The Balaban J connectivity index is 2.27. The third kappa shape index (κ3) is 3.69. The van der Waals surface area contributed by atoms with E-state index in [2.05, 4.69) is 0 Å². The van der Waals surface area contributed by atoms with Crippen molar-refractivity contribution in [2.45, 2.75) is 11.3 Å². The van der Waals surface area contributed by atoms with E-state index in [1.807, 2.05) is 42.5 Å². The molecule has 2 aromatic carbocycles. The Labute approximate surface area is 125 Å². The Morgan fingerprint density at radius 3 is 2.00 bits per heavy atom. The monoisotopic (exact) mass is 305 g/mol. The zero-order valence-electron chi connectivity index (χ0n) is 11.8. The lowest BCUT2D eigenvalue weighted by Crippen LogP contribution is -2.36. The Bertz CT molecular complexity index is 681. The average molecular weight is 305 g/mol. The van der Waals surface area contributed by atoms with Gasteiger partial charge in [-0.3, -0.25) is 0 Å². The predicted octanol–water partition coefficient (Wildman–Crippen LogP) is 1.76. The van der Waals surface area contributed by atoms with Gasteiger partial charge >= 0.3 is 0 Å². The van der Waals surface area contributed by atoms with Crippen molar-refractivity contribution in [3.05, 3.63) is 60.2 Å². The second kappa shape index (κ2) is 6.39. The maximum absolute atomic E-state index is 11.6. The van der Waals surface area contributed by atoms with Crippen LogP contribution in [0.15, 0.2) is 54.6 Å². The van der Waals surface area contributed by atoms with Crippen molar-refractivity contribution in [1.82, 2.24) is 0 Å². The molecule has 0 bridgehead atoms. The number of nitrogens with two attached hydrogens (primary N) is 1. The van der Waals surface area contributed by atoms with Gasteiger partial charge in [0.1, 0.15) is 5.25 Å². The maximum Gasteiger partial charge on any atom is 0.154 e. The Hall–Kier alpha value is -1.69. The summed E-state index contributed by atoms with van der Waals surface area (Å²) in [6.07, 6.45) is 1.09. The van der Waals surface area contributed by atoms with E-state index in [0.29, 0.717) is 5.56 Å². The summed E-state index contributed by atoms with van der Waals surface area (Å²) < 4.78 is 23.3. The third-order valence-electron chi connectivity index (χ3n) is 3.53. The summed E-state index contributed by atoms with van der Waals surface area (Å²) in [5.41, 5.74) is 8.80. The van der Waals surface area contributed by atoms with Crippen LogP contribution in [0.4, 0.5) is 0 Å². The highest BCUT2D eigenvalue weighted by Gasteiger charge is 2.28. The summed E-state index contributed by atoms with van der Waals surface area (Å²) in [5, 5.41) is 8.28. The van der Waals surface area contributed by atoms with E-state index in [4.69, 9.17) is 5.73 Å². The van der Waals surface area contributed by atoms with E-state index < -0.39 is 27.7 Å². The Morgan fingerprint density at radius 2 is 1.52 bits per heavy atom. The molecule has 0 heterocycles. The molecule has 0 aliphatic rings. The molecule has 0 radical (unpaired) electrons. The van der Waals surface area contributed by atoms with Crippen LogP contribution < -0.4 is 5.73 Å². The van der Waals surface area contributed by atoms with E-state index in [1.54, 1.807) is 12.1 Å². The summed E-state index contributed by atoms with van der Waals surface area (Å²) in [6, 6.07) is 16.6. The highest BCUT2D eigenvalue weighted by Crippen LogP contribution is 2.24. The van der Waals surface area contributed by atoms with Gasteiger partial charge in [0.2, 0.25) is 0 Å². The number of aliphatic hydroxyl groups is 1. The minimum absolute atomic E-state index is 0.486. The van der Waals surface area contributed by atoms with Gasteiger partial charge in [-0.1, -0.05) is 54.6 Å². The molecule has 2 rings (SSSR count). The van der Waals surface area contributed by atoms with Gasteiger partial charge in [-0.25, -0.2) is 8.42 Å². The van der Waals surface area contributed by atoms with Gasteiger partial charge in [0.05, 0.1) is 6.61 Å². The molecule has 2 aromatic rings. The molecule has 0 amide bonds. The minimum atomic E-state index is -3.40. The Kier molecular flexibility index (Phi) is 4.77. The molecule has 0 spiro atoms. The first-order valence-corrected chi connectivity index (χ1v) is 8.59. The van der Waals surface area contributed by atoms with Crippen LogP contribution in [0, 0.1) is 0 Å². The van der Waals surface area contributed by atoms with Crippen LogP contribution in [0.1, 0.15) is 11.6 Å². The number of benzene rings is 2. The molecule has 21 heavy (non-hydrogen) atoms. The number of hydrogen-bond acceptors (Lipinski definition) is 4. The van der Waals surface area contributed by atoms with E-state index in [-0.39, 0.29) is 0 Å². The molecule has 4 nitrogen and oxygen atoms in total. The van der Waals surface area contributed by atoms with Crippen molar-refractivity contribution in [2.75, 3.05) is 12.9 Å². The number of rotatable bonds is 5. The second-order valence-corrected chi connectivity index (χ2v) is 7.33. The van der Waals surface area contributed by atoms with Crippen molar-refractivity contribution in [2.24, 2.45) is 5.73 Å². The summed E-state index contributed by atoms with van der Waals surface area (Å²) in [7, 11) is -3.40. The zero-order valence-corrected chi connectivity index (χ0v) is 12.6. The summed E-state index contributed by atoms with van der Waals surface area (Å²) in [5.74, 6) is 0. The number of sulfone groups is 1. The normalized spacial score (nSPS) is 14.6. The van der Waals surface area contributed by atoms with Crippen LogP contribution in [-0.4, -0.2) is 31.6 Å². The average Bonchev–Trinajstić information content (AvgIpc) is 2.47. The highest BCUT2D eigenvalue weighted by atomic mass is 32.2. The van der Waals surface area contributed by atoms with Crippen LogP contribution in [-0.2, 0) is 9.84 Å². The first-order chi connectivity index (χ1) is 9.93. The fourth-order valence-corrected chi connectivity index (χ4v) is 3.22. The number of hydrogen-bond donors (Lipinski definition) is 2. The minimum Gasteiger partial charge on any atom is -0.395 e. The van der Waals surface area contributed by atoms with Crippen molar-refractivity contribution in [3.63, 3.8) is 0 Å². The van der Waals surface area contributed by atoms with Crippen LogP contribution in [0.25, 0.3) is 11.1 Å². The van der Waals surface area contributed by atoms with Crippen molar-refractivity contribution < 1.29 is 13.5 Å². The lowest BCUT2D eigenvalue weighted by atomic mass is 10.00. The van der Waals surface area contributed by atoms with Gasteiger partial charge in [0.15, 0.2) is 9.84 Å². The SMILES string of the molecule is CS(=O)(=O)[C@@H](CO)[C@@H](N)c1ccc(-c2ccccc2)cc1. The van der Waals surface area contributed by atoms with E-state index in [9.17, 15) is 13.5 Å². The first kappa shape index (κ1) is 15.7. The lowest BCUT2D eigenvalue weighted by molar-refractivity contribution is 0.278. The molecule has 0 saturated heterocycles. The molecular formula is C16H19NO3S. The van der Waals surface area contributed by atoms with Gasteiger partial charge in [-0.2, -0.15) is 0 Å². The van der Waals surface area contributed by atoms with Crippen molar-refractivity contribution >= 4 is 9.84 Å². The van der Waals surface area contributed by atoms with Crippen LogP contribution in [0.5, 0.6) is 0 Å². The first-order valence-electron chi connectivity index (χ1n) is 6.64. The van der Waals surface area contributed by atoms with Gasteiger partial charge in [0.25, 0.3) is 0 Å². The fourth-order valence-electron chi connectivity index (χ4n) is 2.26. The summed E-state index contributed by atoms with van der Waals surface area (Å²) in [4.78, 5) is 0. The summed E-state index contributed by atoms with van der Waals surface area (Å²) >= 11 is 0. The van der Waals surface area contributed by atoms with Gasteiger partial charge in [-0.15, -0.1) is 0 Å². The second-order valence-electron chi connectivity index (χ2n) is 5.06. The molecule has 0 saturated carbocycles. The molecular weight excluding hydrogens is 286 g/mol. The molecule has 5 heteroatoms. The van der Waals surface area contributed by atoms with E-state index >= 15 is 0 Å².